The maximum atomic E-state index is 11.7. The van der Waals surface area contributed by atoms with Crippen LogP contribution in [0.2, 0.25) is 0 Å². The van der Waals surface area contributed by atoms with Crippen molar-refractivity contribution in [1.29, 1.82) is 0 Å². The summed E-state index contributed by atoms with van der Waals surface area (Å²) in [5.74, 6) is 0.121. The molecule has 1 fully saturated rings. The van der Waals surface area contributed by atoms with Gasteiger partial charge in [0, 0.05) is 6.04 Å². The Balaban J connectivity index is 1.99. The second-order valence-electron chi connectivity index (χ2n) is 4.23. The average molecular weight is 236 g/mol. The summed E-state index contributed by atoms with van der Waals surface area (Å²) in [6, 6.07) is 5.01. The van der Waals surface area contributed by atoms with Crippen molar-refractivity contribution < 1.29 is 14.6 Å². The first-order valence-electron chi connectivity index (χ1n) is 5.62. The van der Waals surface area contributed by atoms with Crippen molar-refractivity contribution in [2.24, 2.45) is 0 Å². The average Bonchev–Trinajstić information content (AvgIpc) is 3.08. The maximum absolute atomic E-state index is 11.7. The lowest BCUT2D eigenvalue weighted by Crippen LogP contribution is -2.37. The van der Waals surface area contributed by atoms with Gasteiger partial charge in [0.1, 0.15) is 17.2 Å². The minimum absolute atomic E-state index is 0.0442. The van der Waals surface area contributed by atoms with E-state index in [1.54, 1.807) is 19.1 Å². The third-order valence-corrected chi connectivity index (χ3v) is 2.64. The Morgan fingerprint density at radius 1 is 1.59 bits per heavy atom. The fourth-order valence-electron chi connectivity index (χ4n) is 1.43. The van der Waals surface area contributed by atoms with Crippen molar-refractivity contribution in [3.05, 3.63) is 18.2 Å². The molecule has 1 aromatic rings. The molecule has 5 heteroatoms. The van der Waals surface area contributed by atoms with Crippen molar-refractivity contribution in [3.63, 3.8) is 0 Å². The topological polar surface area (TPSA) is 84.6 Å². The highest BCUT2D eigenvalue weighted by molar-refractivity contribution is 5.81. The lowest BCUT2D eigenvalue weighted by Gasteiger charge is -2.16. The van der Waals surface area contributed by atoms with E-state index in [1.807, 2.05) is 0 Å². The lowest BCUT2D eigenvalue weighted by atomic mass is 10.2. The van der Waals surface area contributed by atoms with E-state index in [1.165, 1.54) is 6.07 Å². The number of phenolic OH excluding ortho intramolecular Hbond substituents is 1. The predicted molar refractivity (Wildman–Crippen MR) is 63.8 cm³/mol. The summed E-state index contributed by atoms with van der Waals surface area (Å²) >= 11 is 0. The first-order chi connectivity index (χ1) is 8.08. The smallest absolute Gasteiger partial charge is 0.260 e. The molecular weight excluding hydrogens is 220 g/mol. The number of phenols is 1. The second-order valence-corrected chi connectivity index (χ2v) is 4.23. The molecular formula is C12H16N2O3. The van der Waals surface area contributed by atoms with Gasteiger partial charge >= 0.3 is 0 Å². The van der Waals surface area contributed by atoms with Crippen LogP contribution in [0.15, 0.2) is 18.2 Å². The molecule has 0 bridgehead atoms. The van der Waals surface area contributed by atoms with Gasteiger partial charge in [-0.05, 0) is 31.9 Å². The largest absolute Gasteiger partial charge is 0.506 e. The zero-order chi connectivity index (χ0) is 12.4. The number of carbonyl (C=O) groups is 1. The van der Waals surface area contributed by atoms with Gasteiger partial charge in [0.2, 0.25) is 0 Å². The van der Waals surface area contributed by atoms with Crippen LogP contribution < -0.4 is 15.8 Å². The van der Waals surface area contributed by atoms with E-state index in [9.17, 15) is 9.90 Å². The highest BCUT2D eigenvalue weighted by Crippen LogP contribution is 2.30. The zero-order valence-corrected chi connectivity index (χ0v) is 9.64. The standard InChI is InChI=1S/C12H16N2O3/c1-7(12(16)14-8-5-6-8)17-10-4-2-3-9(15)11(10)13/h2-4,7-8,15H,5-6,13H2,1H3,(H,14,16). The fourth-order valence-corrected chi connectivity index (χ4v) is 1.43. The summed E-state index contributed by atoms with van der Waals surface area (Å²) in [4.78, 5) is 11.7. The molecule has 0 aromatic heterocycles. The highest BCUT2D eigenvalue weighted by Gasteiger charge is 2.26. The molecule has 2 rings (SSSR count). The monoisotopic (exact) mass is 236 g/mol. The molecule has 1 aliphatic carbocycles. The van der Waals surface area contributed by atoms with Crippen molar-refractivity contribution >= 4 is 11.6 Å². The Morgan fingerprint density at radius 3 is 2.94 bits per heavy atom. The van der Waals surface area contributed by atoms with Crippen molar-refractivity contribution in [2.75, 3.05) is 5.73 Å². The lowest BCUT2D eigenvalue weighted by molar-refractivity contribution is -0.127. The molecule has 0 aliphatic heterocycles. The third-order valence-electron chi connectivity index (χ3n) is 2.64. The van der Waals surface area contributed by atoms with E-state index in [0.29, 0.717) is 11.8 Å². The van der Waals surface area contributed by atoms with E-state index in [-0.39, 0.29) is 17.3 Å². The molecule has 0 spiro atoms. The number of anilines is 1. The summed E-state index contributed by atoms with van der Waals surface area (Å²) < 4.78 is 5.42. The van der Waals surface area contributed by atoms with Crippen molar-refractivity contribution in [1.82, 2.24) is 5.32 Å². The Kier molecular flexibility index (Phi) is 3.08. The molecule has 5 nitrogen and oxygen atoms in total. The molecule has 1 aromatic carbocycles. The van der Waals surface area contributed by atoms with E-state index in [0.717, 1.165) is 12.8 Å². The second kappa shape index (κ2) is 4.53. The minimum Gasteiger partial charge on any atom is -0.506 e. The summed E-state index contributed by atoms with van der Waals surface area (Å²) in [7, 11) is 0. The molecule has 0 heterocycles. The number of ether oxygens (including phenoxy) is 1. The summed E-state index contributed by atoms with van der Waals surface area (Å²) in [5, 5.41) is 12.2. The molecule has 1 saturated carbocycles. The molecule has 1 unspecified atom stereocenters. The normalized spacial score (nSPS) is 16.3. The van der Waals surface area contributed by atoms with E-state index in [4.69, 9.17) is 10.5 Å². The van der Waals surface area contributed by atoms with Crippen molar-refractivity contribution in [2.45, 2.75) is 31.9 Å². The van der Waals surface area contributed by atoms with Crippen LogP contribution in [0.3, 0.4) is 0 Å². The minimum atomic E-state index is -0.625. The van der Waals surface area contributed by atoms with Crippen LogP contribution >= 0.6 is 0 Å². The van der Waals surface area contributed by atoms with Crippen LogP contribution in [-0.4, -0.2) is 23.2 Å². The van der Waals surface area contributed by atoms with Gasteiger partial charge in [-0.1, -0.05) is 6.07 Å². The maximum Gasteiger partial charge on any atom is 0.260 e. The van der Waals surface area contributed by atoms with Gasteiger partial charge in [0.25, 0.3) is 5.91 Å². The van der Waals surface area contributed by atoms with Gasteiger partial charge in [0.15, 0.2) is 6.10 Å². The van der Waals surface area contributed by atoms with Gasteiger partial charge in [-0.25, -0.2) is 0 Å². The number of para-hydroxylation sites is 1. The number of nitrogens with one attached hydrogen (secondary N) is 1. The Morgan fingerprint density at radius 2 is 2.29 bits per heavy atom. The summed E-state index contributed by atoms with van der Waals surface area (Å²) in [6.07, 6.45) is 1.44. The van der Waals surface area contributed by atoms with Gasteiger partial charge in [-0.15, -0.1) is 0 Å². The molecule has 92 valence electrons. The molecule has 4 N–H and O–H groups in total. The van der Waals surface area contributed by atoms with Crippen LogP contribution in [0.25, 0.3) is 0 Å². The third kappa shape index (κ3) is 2.81. The first-order valence-corrected chi connectivity index (χ1v) is 5.62. The summed E-state index contributed by atoms with van der Waals surface area (Å²) in [5.41, 5.74) is 5.79. The van der Waals surface area contributed by atoms with Crippen LogP contribution in [0.1, 0.15) is 19.8 Å². The highest BCUT2D eigenvalue weighted by atomic mass is 16.5. The van der Waals surface area contributed by atoms with Crippen LogP contribution in [0, 0.1) is 0 Å². The number of hydrogen-bond donors (Lipinski definition) is 3. The van der Waals surface area contributed by atoms with E-state index >= 15 is 0 Å². The van der Waals surface area contributed by atoms with E-state index in [2.05, 4.69) is 5.32 Å². The number of hydrogen-bond acceptors (Lipinski definition) is 4. The first kappa shape index (κ1) is 11.6. The molecule has 0 saturated heterocycles. The molecule has 0 radical (unpaired) electrons. The Hall–Kier alpha value is -1.91. The molecule has 1 amide bonds. The quantitative estimate of drug-likeness (QED) is 0.538. The number of aromatic hydroxyl groups is 1. The van der Waals surface area contributed by atoms with Crippen LogP contribution in [-0.2, 0) is 4.79 Å². The van der Waals surface area contributed by atoms with Crippen molar-refractivity contribution in [3.8, 4) is 11.5 Å². The number of nitrogen functional groups attached to an aromatic ring is 1. The van der Waals surface area contributed by atoms with Gasteiger partial charge in [0.05, 0.1) is 0 Å². The van der Waals surface area contributed by atoms with Gasteiger partial charge in [-0.2, -0.15) is 0 Å². The Labute approximate surface area is 99.6 Å². The number of rotatable bonds is 4. The molecule has 1 atom stereocenters. The number of nitrogens with two attached hydrogens (primary N) is 1. The van der Waals surface area contributed by atoms with Gasteiger partial charge in [-0.3, -0.25) is 4.79 Å². The number of amides is 1. The van der Waals surface area contributed by atoms with Crippen LogP contribution in [0.5, 0.6) is 11.5 Å². The Bertz CT molecular complexity index is 430. The predicted octanol–water partition coefficient (Wildman–Crippen LogP) is 1.02. The zero-order valence-electron chi connectivity index (χ0n) is 9.64. The fraction of sp³-hybridized carbons (Fsp3) is 0.417. The van der Waals surface area contributed by atoms with E-state index < -0.39 is 6.10 Å². The number of carbonyl (C=O) groups excluding carboxylic acids is 1. The SMILES string of the molecule is CC(Oc1cccc(O)c1N)C(=O)NC1CC1. The van der Waals surface area contributed by atoms with Gasteiger partial charge < -0.3 is 20.9 Å². The number of benzene rings is 1. The summed E-state index contributed by atoms with van der Waals surface area (Å²) in [6.45, 7) is 1.65. The van der Waals surface area contributed by atoms with Crippen LogP contribution in [0.4, 0.5) is 5.69 Å². The molecule has 1 aliphatic rings. The molecule has 17 heavy (non-hydrogen) atoms.